The molecule has 0 N–H and O–H groups in total. The molecule has 0 aliphatic carbocycles. The van der Waals surface area contributed by atoms with Crippen molar-refractivity contribution in [1.82, 2.24) is 4.90 Å². The normalized spacial score (nSPS) is 25.8. The number of esters is 1. The van der Waals surface area contributed by atoms with Gasteiger partial charge in [-0.05, 0) is 6.92 Å². The van der Waals surface area contributed by atoms with Crippen molar-refractivity contribution in [3.05, 3.63) is 12.2 Å². The van der Waals surface area contributed by atoms with Crippen molar-refractivity contribution >= 4 is 18.3 Å². The fraction of sp³-hybridized carbons (Fsp3) is 0.615. The molecule has 1 aliphatic rings. The van der Waals surface area contributed by atoms with Gasteiger partial charge in [-0.1, -0.05) is 12.2 Å². The van der Waals surface area contributed by atoms with Crippen LogP contribution in [0.4, 0.5) is 4.79 Å². The van der Waals surface area contributed by atoms with Crippen molar-refractivity contribution in [3.63, 3.8) is 0 Å². The number of carbonyl (C=O) groups excluding carboxylic acids is 3. The Hall–Kier alpha value is -1.85. The number of ether oxygens (including phenoxy) is 2. The van der Waals surface area contributed by atoms with Crippen molar-refractivity contribution in [1.29, 1.82) is 0 Å². The van der Waals surface area contributed by atoms with Gasteiger partial charge >= 0.3 is 12.1 Å². The van der Waals surface area contributed by atoms with Gasteiger partial charge in [0.15, 0.2) is 0 Å². The lowest BCUT2D eigenvalue weighted by Crippen LogP contribution is -2.39. The molecule has 1 amide bonds. The molecule has 1 heterocycles. The van der Waals surface area contributed by atoms with Crippen LogP contribution in [-0.2, 0) is 19.1 Å². The standard InChI is InChI=1S/C13H19NO5/c1-8(2)10-6-14(13(17)19-4)11(7-15)9(10)5-12(16)18-3/h7,9-11H,1,5-6H2,2-4H3/t9-,10+,11+/m0/s1. The van der Waals surface area contributed by atoms with Gasteiger partial charge in [-0.3, -0.25) is 9.69 Å². The van der Waals surface area contributed by atoms with Crippen LogP contribution in [0.2, 0.25) is 0 Å². The molecule has 0 radical (unpaired) electrons. The molecule has 6 nitrogen and oxygen atoms in total. The first-order valence-corrected chi connectivity index (χ1v) is 5.98. The van der Waals surface area contributed by atoms with E-state index in [1.54, 1.807) is 0 Å². The Bertz CT molecular complexity index is 392. The van der Waals surface area contributed by atoms with E-state index in [1.807, 2.05) is 6.92 Å². The number of methoxy groups -OCH3 is 2. The molecule has 0 unspecified atom stereocenters. The van der Waals surface area contributed by atoms with Crippen LogP contribution in [0.3, 0.4) is 0 Å². The number of likely N-dealkylation sites (tertiary alicyclic amines) is 1. The summed E-state index contributed by atoms with van der Waals surface area (Å²) in [4.78, 5) is 35.7. The number of nitrogens with zero attached hydrogens (tertiary/aromatic N) is 1. The summed E-state index contributed by atoms with van der Waals surface area (Å²) in [6.07, 6.45) is 0.175. The van der Waals surface area contributed by atoms with Gasteiger partial charge in [0, 0.05) is 18.4 Å². The number of amides is 1. The summed E-state index contributed by atoms with van der Waals surface area (Å²) in [6, 6.07) is -0.687. The predicted molar refractivity (Wildman–Crippen MR) is 67.4 cm³/mol. The molecule has 0 aromatic rings. The van der Waals surface area contributed by atoms with Crippen LogP contribution >= 0.6 is 0 Å². The van der Waals surface area contributed by atoms with Gasteiger partial charge in [0.25, 0.3) is 0 Å². The van der Waals surface area contributed by atoms with Crippen LogP contribution in [0.1, 0.15) is 13.3 Å². The topological polar surface area (TPSA) is 72.9 Å². The van der Waals surface area contributed by atoms with Gasteiger partial charge in [0.2, 0.25) is 0 Å². The first-order chi connectivity index (χ1) is 8.96. The number of hydrogen-bond acceptors (Lipinski definition) is 5. The highest BCUT2D eigenvalue weighted by Crippen LogP contribution is 2.36. The van der Waals surface area contributed by atoms with Gasteiger partial charge < -0.3 is 14.3 Å². The molecule has 1 rings (SSSR count). The summed E-state index contributed by atoms with van der Waals surface area (Å²) in [5.74, 6) is -0.843. The monoisotopic (exact) mass is 269 g/mol. The fourth-order valence-corrected chi connectivity index (χ4v) is 2.49. The SMILES string of the molecule is C=C(C)[C@H]1CN(C(=O)OC)[C@H](C=O)[C@H]1CC(=O)OC. The summed E-state index contributed by atoms with van der Waals surface area (Å²) in [5, 5.41) is 0. The van der Waals surface area contributed by atoms with Gasteiger partial charge in [0.1, 0.15) is 6.29 Å². The summed E-state index contributed by atoms with van der Waals surface area (Å²) in [5.41, 5.74) is 0.826. The Kier molecular flexibility index (Phi) is 5.09. The number of hydrogen-bond donors (Lipinski definition) is 0. The zero-order valence-electron chi connectivity index (χ0n) is 11.4. The van der Waals surface area contributed by atoms with Gasteiger partial charge in [-0.15, -0.1) is 0 Å². The highest BCUT2D eigenvalue weighted by Gasteiger charge is 2.45. The Morgan fingerprint density at radius 1 is 1.37 bits per heavy atom. The molecule has 1 saturated heterocycles. The molecule has 106 valence electrons. The maximum atomic E-state index is 11.7. The molecule has 1 aliphatic heterocycles. The van der Waals surface area contributed by atoms with Gasteiger partial charge in [-0.25, -0.2) is 4.79 Å². The van der Waals surface area contributed by atoms with Crippen LogP contribution in [0.25, 0.3) is 0 Å². The molecular formula is C13H19NO5. The van der Waals surface area contributed by atoms with Crippen molar-refractivity contribution in [2.75, 3.05) is 20.8 Å². The van der Waals surface area contributed by atoms with Crippen LogP contribution < -0.4 is 0 Å². The van der Waals surface area contributed by atoms with Crippen LogP contribution in [0.5, 0.6) is 0 Å². The maximum absolute atomic E-state index is 11.7. The maximum Gasteiger partial charge on any atom is 0.410 e. The molecule has 3 atom stereocenters. The van der Waals surface area contributed by atoms with E-state index in [-0.39, 0.29) is 18.3 Å². The summed E-state index contributed by atoms with van der Waals surface area (Å²) >= 11 is 0. The molecule has 1 fully saturated rings. The third kappa shape index (κ3) is 3.13. The average Bonchev–Trinajstić information content (AvgIpc) is 2.76. The Morgan fingerprint density at radius 2 is 2.00 bits per heavy atom. The number of carbonyl (C=O) groups is 3. The molecular weight excluding hydrogens is 250 g/mol. The zero-order chi connectivity index (χ0) is 14.6. The second-order valence-electron chi connectivity index (χ2n) is 4.65. The van der Waals surface area contributed by atoms with Gasteiger partial charge in [-0.2, -0.15) is 0 Å². The minimum Gasteiger partial charge on any atom is -0.469 e. The van der Waals surface area contributed by atoms with E-state index in [0.29, 0.717) is 12.8 Å². The van der Waals surface area contributed by atoms with Crippen molar-refractivity contribution in [3.8, 4) is 0 Å². The van der Waals surface area contributed by atoms with Crippen LogP contribution in [-0.4, -0.2) is 50.1 Å². The second kappa shape index (κ2) is 6.36. The summed E-state index contributed by atoms with van der Waals surface area (Å²) in [6.45, 7) is 6.01. The Balaban J connectivity index is 3.00. The summed E-state index contributed by atoms with van der Waals surface area (Å²) in [7, 11) is 2.55. The van der Waals surface area contributed by atoms with Crippen molar-refractivity contribution < 1.29 is 23.9 Å². The largest absolute Gasteiger partial charge is 0.469 e. The predicted octanol–water partition coefficient (Wildman–Crippen LogP) is 1.01. The average molecular weight is 269 g/mol. The highest BCUT2D eigenvalue weighted by atomic mass is 16.5. The third-order valence-corrected chi connectivity index (χ3v) is 3.52. The first-order valence-electron chi connectivity index (χ1n) is 5.98. The lowest BCUT2D eigenvalue weighted by molar-refractivity contribution is -0.142. The fourth-order valence-electron chi connectivity index (χ4n) is 2.49. The highest BCUT2D eigenvalue weighted by molar-refractivity contribution is 5.76. The number of aldehydes is 1. The first kappa shape index (κ1) is 15.2. The van der Waals surface area contributed by atoms with E-state index in [4.69, 9.17) is 0 Å². The molecule has 0 aromatic carbocycles. The smallest absolute Gasteiger partial charge is 0.410 e. The zero-order valence-corrected chi connectivity index (χ0v) is 11.4. The lowest BCUT2D eigenvalue weighted by atomic mass is 9.84. The van der Waals surface area contributed by atoms with Crippen LogP contribution in [0.15, 0.2) is 12.2 Å². The third-order valence-electron chi connectivity index (χ3n) is 3.52. The van der Waals surface area contributed by atoms with E-state index in [9.17, 15) is 14.4 Å². The quantitative estimate of drug-likeness (QED) is 0.432. The van der Waals surface area contributed by atoms with E-state index >= 15 is 0 Å². The molecule has 0 bridgehead atoms. The molecule has 0 aromatic heterocycles. The molecule has 19 heavy (non-hydrogen) atoms. The second-order valence-corrected chi connectivity index (χ2v) is 4.65. The van der Waals surface area contributed by atoms with Crippen molar-refractivity contribution in [2.45, 2.75) is 19.4 Å². The Labute approximate surface area is 112 Å². The number of rotatable bonds is 4. The van der Waals surface area contributed by atoms with E-state index in [0.717, 1.165) is 5.57 Å². The van der Waals surface area contributed by atoms with Crippen LogP contribution in [0, 0.1) is 11.8 Å². The van der Waals surface area contributed by atoms with E-state index < -0.39 is 18.1 Å². The minimum atomic E-state index is -0.687. The summed E-state index contributed by atoms with van der Waals surface area (Å²) < 4.78 is 9.29. The minimum absolute atomic E-state index is 0.0743. The Morgan fingerprint density at radius 3 is 2.42 bits per heavy atom. The van der Waals surface area contributed by atoms with Gasteiger partial charge in [0.05, 0.1) is 26.7 Å². The molecule has 0 saturated carbocycles. The van der Waals surface area contributed by atoms with E-state index in [2.05, 4.69) is 16.1 Å². The lowest BCUT2D eigenvalue weighted by Gasteiger charge is -2.22. The molecule has 0 spiro atoms. The van der Waals surface area contributed by atoms with Crippen molar-refractivity contribution in [2.24, 2.45) is 11.8 Å². The van der Waals surface area contributed by atoms with E-state index in [1.165, 1.54) is 19.1 Å². The molecule has 6 heteroatoms.